The molecule has 1 fully saturated rings. The first-order valence-corrected chi connectivity index (χ1v) is 10.5. The molecule has 0 atom stereocenters. The molecule has 0 saturated carbocycles. The number of sulfonamides is 1. The molecule has 1 saturated heterocycles. The summed E-state index contributed by atoms with van der Waals surface area (Å²) < 4.78 is 40.2. The Morgan fingerprint density at radius 1 is 0.963 bits per heavy atom. The summed E-state index contributed by atoms with van der Waals surface area (Å²) in [5, 5.41) is 0. The minimum Gasteiger partial charge on any atom is -0.342 e. The Bertz CT molecular complexity index is 880. The Morgan fingerprint density at radius 2 is 1.59 bits per heavy atom. The quantitative estimate of drug-likeness (QED) is 0.753. The normalized spacial score (nSPS) is 14.7. The molecule has 1 aliphatic rings. The lowest BCUT2D eigenvalue weighted by Crippen LogP contribution is -2.27. The van der Waals surface area contributed by atoms with E-state index < -0.39 is 10.0 Å². The lowest BCUT2D eigenvalue weighted by atomic mass is 10.1. The number of halogens is 1. The molecule has 144 valence electrons. The van der Waals surface area contributed by atoms with Crippen LogP contribution in [-0.4, -0.2) is 38.9 Å². The predicted molar refractivity (Wildman–Crippen MR) is 101 cm³/mol. The van der Waals surface area contributed by atoms with Crippen LogP contribution in [0.2, 0.25) is 0 Å². The highest BCUT2D eigenvalue weighted by Gasteiger charge is 2.19. The van der Waals surface area contributed by atoms with Crippen LogP contribution in [0.5, 0.6) is 0 Å². The van der Waals surface area contributed by atoms with Crippen molar-refractivity contribution >= 4 is 15.9 Å². The first-order valence-electron chi connectivity index (χ1n) is 9.05. The summed E-state index contributed by atoms with van der Waals surface area (Å²) >= 11 is 0. The number of amides is 1. The summed E-state index contributed by atoms with van der Waals surface area (Å²) in [6, 6.07) is 12.7. The number of benzene rings is 2. The van der Waals surface area contributed by atoms with Gasteiger partial charge in [0.2, 0.25) is 15.9 Å². The van der Waals surface area contributed by atoms with E-state index in [1.54, 1.807) is 36.4 Å². The van der Waals surface area contributed by atoms with Crippen molar-refractivity contribution in [2.24, 2.45) is 0 Å². The molecule has 1 heterocycles. The molecule has 2 aromatic carbocycles. The van der Waals surface area contributed by atoms with Crippen LogP contribution in [-0.2, 0) is 27.7 Å². The van der Waals surface area contributed by atoms with Gasteiger partial charge in [-0.3, -0.25) is 4.79 Å². The highest BCUT2D eigenvalue weighted by Crippen LogP contribution is 2.14. The molecule has 1 aliphatic heterocycles. The van der Waals surface area contributed by atoms with Crippen molar-refractivity contribution in [2.75, 3.05) is 19.6 Å². The van der Waals surface area contributed by atoms with E-state index in [0.717, 1.165) is 24.1 Å². The third-order valence-electron chi connectivity index (χ3n) is 4.69. The zero-order chi connectivity index (χ0) is 19.3. The van der Waals surface area contributed by atoms with Crippen molar-refractivity contribution in [2.45, 2.75) is 30.6 Å². The third kappa shape index (κ3) is 5.37. The van der Waals surface area contributed by atoms with Crippen LogP contribution in [0.4, 0.5) is 4.39 Å². The van der Waals surface area contributed by atoms with Crippen LogP contribution in [0, 0.1) is 5.82 Å². The second-order valence-electron chi connectivity index (χ2n) is 6.65. The lowest BCUT2D eigenvalue weighted by molar-refractivity contribution is -0.127. The van der Waals surface area contributed by atoms with Gasteiger partial charge < -0.3 is 4.90 Å². The van der Waals surface area contributed by atoms with Gasteiger partial charge in [0, 0.05) is 26.1 Å². The maximum absolute atomic E-state index is 12.9. The molecular weight excluding hydrogens is 367 g/mol. The Labute approximate surface area is 159 Å². The average Bonchev–Trinajstić information content (AvgIpc) is 3.07. The second kappa shape index (κ2) is 8.63. The molecule has 7 heteroatoms. The molecule has 3 rings (SSSR count). The molecule has 27 heavy (non-hydrogen) atoms. The highest BCUT2D eigenvalue weighted by atomic mass is 32.2. The Morgan fingerprint density at radius 3 is 2.22 bits per heavy atom. The van der Waals surface area contributed by atoms with E-state index in [4.69, 9.17) is 0 Å². The van der Waals surface area contributed by atoms with Crippen molar-refractivity contribution in [3.8, 4) is 0 Å². The van der Waals surface area contributed by atoms with Crippen LogP contribution in [0.25, 0.3) is 0 Å². The topological polar surface area (TPSA) is 66.5 Å². The van der Waals surface area contributed by atoms with Crippen molar-refractivity contribution in [3.63, 3.8) is 0 Å². The van der Waals surface area contributed by atoms with Gasteiger partial charge in [0.25, 0.3) is 0 Å². The molecule has 0 unspecified atom stereocenters. The van der Waals surface area contributed by atoms with Crippen LogP contribution in [0.1, 0.15) is 24.0 Å². The molecule has 0 aromatic heterocycles. The molecule has 1 N–H and O–H groups in total. The van der Waals surface area contributed by atoms with Crippen molar-refractivity contribution < 1.29 is 17.6 Å². The largest absolute Gasteiger partial charge is 0.342 e. The summed E-state index contributed by atoms with van der Waals surface area (Å²) in [6.07, 6.45) is 2.74. The van der Waals surface area contributed by atoms with E-state index in [0.29, 0.717) is 25.8 Å². The number of likely N-dealkylation sites (tertiary alicyclic amines) is 1. The third-order valence-corrected chi connectivity index (χ3v) is 6.17. The summed E-state index contributed by atoms with van der Waals surface area (Å²) in [6.45, 7) is 1.72. The van der Waals surface area contributed by atoms with Gasteiger partial charge in [-0.15, -0.1) is 0 Å². The number of carbonyl (C=O) groups is 1. The zero-order valence-corrected chi connectivity index (χ0v) is 15.8. The number of hydrogen-bond donors (Lipinski definition) is 1. The molecule has 0 spiro atoms. The van der Waals surface area contributed by atoms with Crippen LogP contribution >= 0.6 is 0 Å². The SMILES string of the molecule is O=C1CCCN1CCc1ccc(S(=O)(=O)NCCc2ccc(F)cc2)cc1. The van der Waals surface area contributed by atoms with E-state index >= 15 is 0 Å². The predicted octanol–water partition coefficient (Wildman–Crippen LogP) is 2.51. The van der Waals surface area contributed by atoms with E-state index in [1.165, 1.54) is 12.1 Å². The molecule has 2 aromatic rings. The van der Waals surface area contributed by atoms with Gasteiger partial charge in [0.1, 0.15) is 5.82 Å². The Hall–Kier alpha value is -2.25. The van der Waals surface area contributed by atoms with Gasteiger partial charge in [0.15, 0.2) is 0 Å². The Balaban J connectivity index is 1.51. The van der Waals surface area contributed by atoms with Gasteiger partial charge >= 0.3 is 0 Å². The fraction of sp³-hybridized carbons (Fsp3) is 0.350. The van der Waals surface area contributed by atoms with E-state index in [9.17, 15) is 17.6 Å². The van der Waals surface area contributed by atoms with Crippen LogP contribution in [0.3, 0.4) is 0 Å². The minimum absolute atomic E-state index is 0.194. The van der Waals surface area contributed by atoms with Crippen molar-refractivity contribution in [3.05, 3.63) is 65.5 Å². The first kappa shape index (κ1) is 19.5. The smallest absolute Gasteiger partial charge is 0.240 e. The molecular formula is C20H23FN2O3S. The second-order valence-corrected chi connectivity index (χ2v) is 8.42. The summed E-state index contributed by atoms with van der Waals surface area (Å²) in [7, 11) is -3.58. The number of hydrogen-bond acceptors (Lipinski definition) is 3. The van der Waals surface area contributed by atoms with Gasteiger partial charge in [-0.05, 0) is 54.7 Å². The number of carbonyl (C=O) groups excluding carboxylic acids is 1. The standard InChI is InChI=1S/C20H23FN2O3S/c21-18-7-3-16(4-8-18)11-13-22-27(25,26)19-9-5-17(6-10-19)12-15-23-14-1-2-20(23)24/h3-10,22H,1-2,11-15H2. The van der Waals surface area contributed by atoms with Gasteiger partial charge in [0.05, 0.1) is 4.90 Å². The molecule has 0 aliphatic carbocycles. The fourth-order valence-corrected chi connectivity index (χ4v) is 4.14. The molecule has 0 radical (unpaired) electrons. The summed E-state index contributed by atoms with van der Waals surface area (Å²) in [4.78, 5) is 13.7. The molecule has 0 bridgehead atoms. The maximum Gasteiger partial charge on any atom is 0.240 e. The number of nitrogens with zero attached hydrogens (tertiary/aromatic N) is 1. The minimum atomic E-state index is -3.58. The number of nitrogens with one attached hydrogen (secondary N) is 1. The summed E-state index contributed by atoms with van der Waals surface area (Å²) in [5.74, 6) is -0.118. The number of rotatable bonds is 8. The van der Waals surface area contributed by atoms with E-state index in [2.05, 4.69) is 4.72 Å². The van der Waals surface area contributed by atoms with Crippen molar-refractivity contribution in [1.29, 1.82) is 0 Å². The zero-order valence-electron chi connectivity index (χ0n) is 15.0. The first-order chi connectivity index (χ1) is 12.9. The fourth-order valence-electron chi connectivity index (χ4n) is 3.10. The average molecular weight is 390 g/mol. The molecule has 5 nitrogen and oxygen atoms in total. The van der Waals surface area contributed by atoms with Crippen molar-refractivity contribution in [1.82, 2.24) is 9.62 Å². The van der Waals surface area contributed by atoms with Gasteiger partial charge in [-0.25, -0.2) is 17.5 Å². The monoisotopic (exact) mass is 390 g/mol. The van der Waals surface area contributed by atoms with Gasteiger partial charge in [-0.1, -0.05) is 24.3 Å². The van der Waals surface area contributed by atoms with Crippen LogP contribution < -0.4 is 4.72 Å². The molecule has 1 amide bonds. The lowest BCUT2D eigenvalue weighted by Gasteiger charge is -2.15. The highest BCUT2D eigenvalue weighted by molar-refractivity contribution is 7.89. The van der Waals surface area contributed by atoms with Crippen LogP contribution in [0.15, 0.2) is 53.4 Å². The summed E-state index contributed by atoms with van der Waals surface area (Å²) in [5.41, 5.74) is 1.87. The van der Waals surface area contributed by atoms with Gasteiger partial charge in [-0.2, -0.15) is 0 Å². The van der Waals surface area contributed by atoms with E-state index in [1.807, 2.05) is 4.90 Å². The maximum atomic E-state index is 12.9. The van der Waals surface area contributed by atoms with E-state index in [-0.39, 0.29) is 23.2 Å². The Kier molecular flexibility index (Phi) is 6.23.